The zero-order valence-electron chi connectivity index (χ0n) is 7.92. The molecule has 1 fully saturated rings. The van der Waals surface area contributed by atoms with Gasteiger partial charge in [-0.2, -0.15) is 0 Å². The van der Waals surface area contributed by atoms with Gasteiger partial charge in [-0.3, -0.25) is 0 Å². The lowest BCUT2D eigenvalue weighted by Gasteiger charge is -2.01. The van der Waals surface area contributed by atoms with Gasteiger partial charge in [0.2, 0.25) is 0 Å². The zero-order chi connectivity index (χ0) is 9.26. The molecule has 2 nitrogen and oxygen atoms in total. The van der Waals surface area contributed by atoms with E-state index in [1.807, 2.05) is 6.92 Å². The molecule has 0 bridgehead atoms. The van der Waals surface area contributed by atoms with Crippen LogP contribution in [0.5, 0.6) is 0 Å². The third-order valence-corrected chi connectivity index (χ3v) is 4.06. The summed E-state index contributed by atoms with van der Waals surface area (Å²) in [4.78, 5) is 5.57. The van der Waals surface area contributed by atoms with E-state index in [2.05, 4.69) is 4.98 Å². The molecule has 0 atom stereocenters. The van der Waals surface area contributed by atoms with Crippen LogP contribution in [0.15, 0.2) is 0 Å². The Balaban J connectivity index is 2.20. The van der Waals surface area contributed by atoms with Gasteiger partial charge >= 0.3 is 0 Å². The Bertz CT molecular complexity index is 289. The summed E-state index contributed by atoms with van der Waals surface area (Å²) < 4.78 is 0. The van der Waals surface area contributed by atoms with Gasteiger partial charge in [-0.1, -0.05) is 12.8 Å². The second kappa shape index (κ2) is 3.76. The van der Waals surface area contributed by atoms with Gasteiger partial charge in [0.15, 0.2) is 0 Å². The van der Waals surface area contributed by atoms with Crippen molar-refractivity contribution >= 4 is 11.3 Å². The van der Waals surface area contributed by atoms with Crippen LogP contribution in [-0.4, -0.2) is 10.1 Å². The second-order valence-corrected chi connectivity index (χ2v) is 4.82. The van der Waals surface area contributed by atoms with E-state index < -0.39 is 0 Å². The van der Waals surface area contributed by atoms with Crippen molar-refractivity contribution in [3.63, 3.8) is 0 Å². The molecule has 72 valence electrons. The third-order valence-electron chi connectivity index (χ3n) is 2.76. The summed E-state index contributed by atoms with van der Waals surface area (Å²) in [5.74, 6) is 0.684. The number of aryl methyl sites for hydroxylation is 1. The van der Waals surface area contributed by atoms with Crippen molar-refractivity contribution in [2.45, 2.75) is 45.1 Å². The second-order valence-electron chi connectivity index (χ2n) is 3.70. The van der Waals surface area contributed by atoms with Gasteiger partial charge in [-0.15, -0.1) is 11.3 Å². The Hall–Kier alpha value is -0.410. The van der Waals surface area contributed by atoms with Crippen LogP contribution in [0.4, 0.5) is 0 Å². The molecule has 2 rings (SSSR count). The maximum atomic E-state index is 9.04. The first-order chi connectivity index (χ1) is 6.31. The zero-order valence-corrected chi connectivity index (χ0v) is 8.73. The van der Waals surface area contributed by atoms with E-state index in [9.17, 15) is 0 Å². The van der Waals surface area contributed by atoms with Crippen molar-refractivity contribution in [3.05, 3.63) is 15.6 Å². The Kier molecular flexibility index (Phi) is 2.65. The van der Waals surface area contributed by atoms with E-state index in [1.165, 1.54) is 30.7 Å². The molecular formula is C10H15NOS. The Morgan fingerprint density at radius 2 is 2.15 bits per heavy atom. The summed E-state index contributed by atoms with van der Waals surface area (Å²) in [6.07, 6.45) is 5.27. The minimum Gasteiger partial charge on any atom is -0.391 e. The molecule has 0 aromatic carbocycles. The van der Waals surface area contributed by atoms with Crippen molar-refractivity contribution in [2.75, 3.05) is 0 Å². The van der Waals surface area contributed by atoms with E-state index in [-0.39, 0.29) is 6.61 Å². The van der Waals surface area contributed by atoms with Gasteiger partial charge in [-0.25, -0.2) is 4.98 Å². The smallest absolute Gasteiger partial charge is 0.0962 e. The average Bonchev–Trinajstić information content (AvgIpc) is 2.71. The number of hydrogen-bond donors (Lipinski definition) is 1. The van der Waals surface area contributed by atoms with Gasteiger partial charge < -0.3 is 5.11 Å². The highest BCUT2D eigenvalue weighted by Crippen LogP contribution is 2.36. The minimum absolute atomic E-state index is 0.149. The van der Waals surface area contributed by atoms with Crippen LogP contribution in [-0.2, 0) is 6.61 Å². The number of nitrogens with zero attached hydrogens (tertiary/aromatic N) is 1. The summed E-state index contributed by atoms with van der Waals surface area (Å²) in [6, 6.07) is 0. The molecular weight excluding hydrogens is 182 g/mol. The van der Waals surface area contributed by atoms with Crippen LogP contribution in [0.3, 0.4) is 0 Å². The number of aliphatic hydroxyl groups is 1. The van der Waals surface area contributed by atoms with E-state index in [1.54, 1.807) is 11.3 Å². The fraction of sp³-hybridized carbons (Fsp3) is 0.700. The predicted molar refractivity (Wildman–Crippen MR) is 54.0 cm³/mol. The molecule has 0 saturated heterocycles. The SMILES string of the molecule is Cc1nc(C2CCCC2)sc1CO. The van der Waals surface area contributed by atoms with Gasteiger partial charge in [0, 0.05) is 5.92 Å². The van der Waals surface area contributed by atoms with Gasteiger partial charge in [0.05, 0.1) is 22.2 Å². The monoisotopic (exact) mass is 197 g/mol. The number of aliphatic hydroxyl groups excluding tert-OH is 1. The molecule has 1 saturated carbocycles. The molecule has 0 amide bonds. The average molecular weight is 197 g/mol. The van der Waals surface area contributed by atoms with Gasteiger partial charge in [0.25, 0.3) is 0 Å². The molecule has 1 aliphatic carbocycles. The molecule has 1 N–H and O–H groups in total. The summed E-state index contributed by atoms with van der Waals surface area (Å²) in [6.45, 7) is 2.14. The van der Waals surface area contributed by atoms with Gasteiger partial charge in [0.1, 0.15) is 0 Å². The van der Waals surface area contributed by atoms with E-state index in [0.717, 1.165) is 10.6 Å². The van der Waals surface area contributed by atoms with Crippen LogP contribution in [0.25, 0.3) is 0 Å². The first kappa shape index (κ1) is 9.16. The normalized spacial score (nSPS) is 18.3. The van der Waals surface area contributed by atoms with E-state index >= 15 is 0 Å². The van der Waals surface area contributed by atoms with Crippen LogP contribution >= 0.6 is 11.3 Å². The highest BCUT2D eigenvalue weighted by molar-refractivity contribution is 7.11. The molecule has 0 radical (unpaired) electrons. The molecule has 0 aliphatic heterocycles. The fourth-order valence-electron chi connectivity index (χ4n) is 1.94. The number of aromatic nitrogens is 1. The van der Waals surface area contributed by atoms with Crippen LogP contribution < -0.4 is 0 Å². The minimum atomic E-state index is 0.149. The van der Waals surface area contributed by atoms with Crippen molar-refractivity contribution in [1.82, 2.24) is 4.98 Å². The summed E-state index contributed by atoms with van der Waals surface area (Å²) in [7, 11) is 0. The first-order valence-electron chi connectivity index (χ1n) is 4.88. The predicted octanol–water partition coefficient (Wildman–Crippen LogP) is 2.60. The van der Waals surface area contributed by atoms with Crippen molar-refractivity contribution < 1.29 is 5.11 Å². The fourth-order valence-corrected chi connectivity index (χ4v) is 3.04. The Morgan fingerprint density at radius 3 is 2.69 bits per heavy atom. The number of hydrogen-bond acceptors (Lipinski definition) is 3. The quantitative estimate of drug-likeness (QED) is 0.790. The van der Waals surface area contributed by atoms with Crippen molar-refractivity contribution in [3.8, 4) is 0 Å². The molecule has 1 aliphatic rings. The molecule has 13 heavy (non-hydrogen) atoms. The number of rotatable bonds is 2. The Labute approximate surface area is 82.6 Å². The first-order valence-corrected chi connectivity index (χ1v) is 5.70. The molecule has 1 aromatic rings. The topological polar surface area (TPSA) is 33.1 Å². The standard InChI is InChI=1S/C10H15NOS/c1-7-9(6-12)13-10(11-7)8-4-2-3-5-8/h8,12H,2-6H2,1H3. The van der Waals surface area contributed by atoms with Crippen LogP contribution in [0.1, 0.15) is 47.2 Å². The lowest BCUT2D eigenvalue weighted by atomic mass is 10.1. The van der Waals surface area contributed by atoms with Gasteiger partial charge in [-0.05, 0) is 19.8 Å². The summed E-state index contributed by atoms with van der Waals surface area (Å²) in [5, 5.41) is 10.3. The number of thiazole rings is 1. The van der Waals surface area contributed by atoms with Crippen LogP contribution in [0.2, 0.25) is 0 Å². The third kappa shape index (κ3) is 1.76. The highest BCUT2D eigenvalue weighted by Gasteiger charge is 2.21. The summed E-state index contributed by atoms with van der Waals surface area (Å²) in [5.41, 5.74) is 1.02. The summed E-state index contributed by atoms with van der Waals surface area (Å²) >= 11 is 1.70. The largest absolute Gasteiger partial charge is 0.391 e. The Morgan fingerprint density at radius 1 is 1.46 bits per heavy atom. The maximum absolute atomic E-state index is 9.04. The lowest BCUT2D eigenvalue weighted by molar-refractivity contribution is 0.284. The molecule has 1 aromatic heterocycles. The van der Waals surface area contributed by atoms with Crippen molar-refractivity contribution in [1.29, 1.82) is 0 Å². The van der Waals surface area contributed by atoms with Crippen LogP contribution in [0, 0.1) is 6.92 Å². The maximum Gasteiger partial charge on any atom is 0.0962 e. The van der Waals surface area contributed by atoms with Crippen molar-refractivity contribution in [2.24, 2.45) is 0 Å². The van der Waals surface area contributed by atoms with E-state index in [4.69, 9.17) is 5.11 Å². The molecule has 0 unspecified atom stereocenters. The molecule has 1 heterocycles. The lowest BCUT2D eigenvalue weighted by Crippen LogP contribution is -1.90. The highest BCUT2D eigenvalue weighted by atomic mass is 32.1. The molecule has 0 spiro atoms. The molecule has 3 heteroatoms. The van der Waals surface area contributed by atoms with E-state index in [0.29, 0.717) is 5.92 Å².